The third kappa shape index (κ3) is 3.36. The van der Waals surface area contributed by atoms with Gasteiger partial charge in [-0.25, -0.2) is 9.97 Å². The molecule has 5 heteroatoms. The molecular weight excluding hydrogens is 244 g/mol. The number of rotatable bonds is 3. The van der Waals surface area contributed by atoms with E-state index in [1.807, 2.05) is 18.5 Å². The van der Waals surface area contributed by atoms with E-state index >= 15 is 0 Å². The van der Waals surface area contributed by atoms with Gasteiger partial charge in [0.15, 0.2) is 5.16 Å². The van der Waals surface area contributed by atoms with Gasteiger partial charge in [-0.1, -0.05) is 18.2 Å². The van der Waals surface area contributed by atoms with Gasteiger partial charge in [0, 0.05) is 25.3 Å². The molecule has 0 unspecified atom stereocenters. The Hall–Kier alpha value is -0.810. The highest BCUT2D eigenvalue weighted by Crippen LogP contribution is 2.20. The smallest absolute Gasteiger partial charge is 0.189 e. The molecule has 1 saturated heterocycles. The fourth-order valence-electron chi connectivity index (χ4n) is 2.36. The predicted octanol–water partition coefficient (Wildman–Crippen LogP) is 2.12. The van der Waals surface area contributed by atoms with Crippen LogP contribution in [0.5, 0.6) is 0 Å². The molecule has 1 fully saturated rings. The molecule has 0 saturated carbocycles. The zero-order chi connectivity index (χ0) is 13.0. The molecule has 1 aromatic heterocycles. The van der Waals surface area contributed by atoms with Crippen molar-refractivity contribution in [3.8, 4) is 0 Å². The summed E-state index contributed by atoms with van der Waals surface area (Å²) in [5.41, 5.74) is 0. The minimum absolute atomic E-state index is 0.625. The summed E-state index contributed by atoms with van der Waals surface area (Å²) in [4.78, 5) is 13.6. The van der Waals surface area contributed by atoms with Crippen molar-refractivity contribution in [3.63, 3.8) is 0 Å². The summed E-state index contributed by atoms with van der Waals surface area (Å²) >= 11 is 1.60. The molecule has 100 valence electrons. The third-order valence-electron chi connectivity index (χ3n) is 3.50. The van der Waals surface area contributed by atoms with E-state index in [4.69, 9.17) is 0 Å². The number of nitrogens with zero attached hydrogens (tertiary/aromatic N) is 4. The monoisotopic (exact) mass is 266 g/mol. The van der Waals surface area contributed by atoms with Crippen molar-refractivity contribution in [3.05, 3.63) is 12.3 Å². The van der Waals surface area contributed by atoms with Gasteiger partial charge in [0.05, 0.1) is 0 Å². The molecule has 0 aromatic carbocycles. The van der Waals surface area contributed by atoms with Crippen molar-refractivity contribution >= 4 is 17.6 Å². The van der Waals surface area contributed by atoms with Crippen molar-refractivity contribution in [2.75, 3.05) is 38.3 Å². The predicted molar refractivity (Wildman–Crippen MR) is 77.4 cm³/mol. The lowest BCUT2D eigenvalue weighted by Crippen LogP contribution is -2.39. The molecule has 4 nitrogen and oxygen atoms in total. The van der Waals surface area contributed by atoms with Crippen LogP contribution < -0.4 is 4.90 Å². The van der Waals surface area contributed by atoms with E-state index in [2.05, 4.69) is 33.9 Å². The topological polar surface area (TPSA) is 32.3 Å². The Balaban J connectivity index is 2.14. The Morgan fingerprint density at radius 2 is 2.22 bits per heavy atom. The van der Waals surface area contributed by atoms with E-state index < -0.39 is 0 Å². The number of thioether (sulfide) groups is 1. The van der Waals surface area contributed by atoms with Crippen molar-refractivity contribution in [2.24, 2.45) is 0 Å². The maximum atomic E-state index is 4.61. The maximum absolute atomic E-state index is 4.61. The van der Waals surface area contributed by atoms with Gasteiger partial charge in [-0.2, -0.15) is 0 Å². The first kappa shape index (κ1) is 13.6. The minimum Gasteiger partial charge on any atom is -0.355 e. The zero-order valence-electron chi connectivity index (χ0n) is 11.5. The summed E-state index contributed by atoms with van der Waals surface area (Å²) in [6.45, 7) is 2.17. The minimum atomic E-state index is 0.625. The summed E-state index contributed by atoms with van der Waals surface area (Å²) < 4.78 is 0. The number of hydrogen-bond acceptors (Lipinski definition) is 5. The second-order valence-electron chi connectivity index (χ2n) is 4.96. The van der Waals surface area contributed by atoms with E-state index in [9.17, 15) is 0 Å². The SMILES string of the molecule is CSc1nccc(N2CCCC[C@H](N(C)C)C2)n1. The van der Waals surface area contributed by atoms with Gasteiger partial charge in [-0.3, -0.25) is 0 Å². The summed E-state index contributed by atoms with van der Waals surface area (Å²) in [6.07, 6.45) is 7.72. The van der Waals surface area contributed by atoms with E-state index in [0.29, 0.717) is 6.04 Å². The number of anilines is 1. The van der Waals surface area contributed by atoms with Crippen molar-refractivity contribution < 1.29 is 0 Å². The van der Waals surface area contributed by atoms with Gasteiger partial charge < -0.3 is 9.80 Å². The molecule has 0 spiro atoms. The van der Waals surface area contributed by atoms with Crippen LogP contribution in [-0.2, 0) is 0 Å². The standard InChI is InChI=1S/C13H22N4S/c1-16(2)11-6-4-5-9-17(10-11)12-7-8-14-13(15-12)18-3/h7-8,11H,4-6,9-10H2,1-3H3/t11-/m0/s1. The molecule has 1 atom stereocenters. The first-order chi connectivity index (χ1) is 8.70. The van der Waals surface area contributed by atoms with Crippen LogP contribution in [0.2, 0.25) is 0 Å². The van der Waals surface area contributed by atoms with E-state index in [-0.39, 0.29) is 0 Å². The lowest BCUT2D eigenvalue weighted by Gasteiger charge is -2.29. The van der Waals surface area contributed by atoms with Crippen LogP contribution >= 0.6 is 11.8 Å². The molecule has 0 bridgehead atoms. The second kappa shape index (κ2) is 6.38. The zero-order valence-corrected chi connectivity index (χ0v) is 12.3. The average Bonchev–Trinajstić information content (AvgIpc) is 2.64. The van der Waals surface area contributed by atoms with Crippen LogP contribution in [-0.4, -0.2) is 54.4 Å². The maximum Gasteiger partial charge on any atom is 0.189 e. The largest absolute Gasteiger partial charge is 0.355 e. The number of hydrogen-bond donors (Lipinski definition) is 0. The Morgan fingerprint density at radius 3 is 2.94 bits per heavy atom. The van der Waals surface area contributed by atoms with Crippen molar-refractivity contribution in [2.45, 2.75) is 30.5 Å². The molecule has 1 aliphatic rings. The highest BCUT2D eigenvalue weighted by atomic mass is 32.2. The summed E-state index contributed by atoms with van der Waals surface area (Å²) in [5, 5.41) is 0.859. The molecule has 1 aliphatic heterocycles. The number of aromatic nitrogens is 2. The van der Waals surface area contributed by atoms with Crippen LogP contribution in [0.25, 0.3) is 0 Å². The Morgan fingerprint density at radius 1 is 1.39 bits per heavy atom. The Kier molecular flexibility index (Phi) is 4.83. The van der Waals surface area contributed by atoms with Crippen molar-refractivity contribution in [1.29, 1.82) is 0 Å². The fourth-order valence-corrected chi connectivity index (χ4v) is 2.71. The molecule has 1 aromatic rings. The Labute approximate surface area is 114 Å². The normalized spacial score (nSPS) is 21.1. The highest BCUT2D eigenvalue weighted by Gasteiger charge is 2.20. The van der Waals surface area contributed by atoms with Crippen LogP contribution in [0.3, 0.4) is 0 Å². The quantitative estimate of drug-likeness (QED) is 0.618. The van der Waals surface area contributed by atoms with Crippen LogP contribution in [0.4, 0.5) is 5.82 Å². The first-order valence-electron chi connectivity index (χ1n) is 6.49. The molecule has 2 rings (SSSR count). The summed E-state index contributed by atoms with van der Waals surface area (Å²) in [6, 6.07) is 2.65. The average molecular weight is 266 g/mol. The lowest BCUT2D eigenvalue weighted by atomic mass is 10.1. The fraction of sp³-hybridized carbons (Fsp3) is 0.692. The lowest BCUT2D eigenvalue weighted by molar-refractivity contribution is 0.285. The van der Waals surface area contributed by atoms with Gasteiger partial charge >= 0.3 is 0 Å². The van der Waals surface area contributed by atoms with Gasteiger partial charge in [-0.15, -0.1) is 0 Å². The van der Waals surface area contributed by atoms with E-state index in [1.165, 1.54) is 19.3 Å². The molecular formula is C13H22N4S. The molecule has 2 heterocycles. The molecule has 0 N–H and O–H groups in total. The van der Waals surface area contributed by atoms with E-state index in [1.54, 1.807) is 11.8 Å². The van der Waals surface area contributed by atoms with E-state index in [0.717, 1.165) is 24.1 Å². The molecule has 0 amide bonds. The van der Waals surface area contributed by atoms with Gasteiger partial charge in [-0.05, 0) is 39.3 Å². The van der Waals surface area contributed by atoms with Gasteiger partial charge in [0.1, 0.15) is 5.82 Å². The third-order valence-corrected chi connectivity index (χ3v) is 4.06. The summed E-state index contributed by atoms with van der Waals surface area (Å²) in [7, 11) is 4.34. The second-order valence-corrected chi connectivity index (χ2v) is 5.73. The van der Waals surface area contributed by atoms with Gasteiger partial charge in [0.2, 0.25) is 0 Å². The van der Waals surface area contributed by atoms with Crippen LogP contribution in [0.15, 0.2) is 17.4 Å². The van der Waals surface area contributed by atoms with Gasteiger partial charge in [0.25, 0.3) is 0 Å². The number of likely N-dealkylation sites (N-methyl/N-ethyl adjacent to an activating group) is 1. The first-order valence-corrected chi connectivity index (χ1v) is 7.71. The highest BCUT2D eigenvalue weighted by molar-refractivity contribution is 7.98. The molecule has 0 radical (unpaired) electrons. The van der Waals surface area contributed by atoms with Crippen LogP contribution in [0.1, 0.15) is 19.3 Å². The Bertz CT molecular complexity index is 383. The molecule has 0 aliphatic carbocycles. The van der Waals surface area contributed by atoms with Crippen molar-refractivity contribution in [1.82, 2.24) is 14.9 Å². The summed E-state index contributed by atoms with van der Waals surface area (Å²) in [5.74, 6) is 1.07. The van der Waals surface area contributed by atoms with Crippen LogP contribution in [0, 0.1) is 0 Å². The molecule has 18 heavy (non-hydrogen) atoms.